The average molecular weight is 218 g/mol. The molecule has 1 aromatic carbocycles. The van der Waals surface area contributed by atoms with Crippen LogP contribution < -0.4 is 10.2 Å². The monoisotopic (exact) mass is 218 g/mol. The summed E-state index contributed by atoms with van der Waals surface area (Å²) in [5.74, 6) is -0.193. The van der Waals surface area contributed by atoms with E-state index in [2.05, 4.69) is 16.3 Å². The number of hydrogen-bond acceptors (Lipinski definition) is 4. The third-order valence-electron chi connectivity index (χ3n) is 3.15. The number of benzene rings is 1. The number of rotatable bonds is 1. The molecule has 4 heteroatoms. The molecule has 0 bridgehead atoms. The van der Waals surface area contributed by atoms with Gasteiger partial charge in [0.1, 0.15) is 6.61 Å². The fraction of sp³-hybridized carbons (Fsp3) is 0.417. The van der Waals surface area contributed by atoms with E-state index in [4.69, 9.17) is 4.74 Å². The standard InChI is InChI=1S/C12H14N2O2/c15-12-11-2-1-10(7-9(11)8-16-12)14-5-3-13-4-6-14/h1-2,7,13H,3-6,8H2. The second kappa shape index (κ2) is 3.79. The van der Waals surface area contributed by atoms with Crippen molar-refractivity contribution in [3.05, 3.63) is 29.3 Å². The van der Waals surface area contributed by atoms with E-state index in [1.54, 1.807) is 0 Å². The molecule has 0 aromatic heterocycles. The number of ether oxygens (including phenoxy) is 1. The SMILES string of the molecule is O=C1OCc2cc(N3CCNCC3)ccc21. The first-order valence-electron chi connectivity index (χ1n) is 5.60. The summed E-state index contributed by atoms with van der Waals surface area (Å²) >= 11 is 0. The van der Waals surface area contributed by atoms with E-state index >= 15 is 0 Å². The van der Waals surface area contributed by atoms with E-state index in [0.717, 1.165) is 37.3 Å². The van der Waals surface area contributed by atoms with Crippen molar-refractivity contribution in [2.45, 2.75) is 6.61 Å². The minimum absolute atomic E-state index is 0.193. The fourth-order valence-electron chi connectivity index (χ4n) is 2.24. The molecule has 16 heavy (non-hydrogen) atoms. The highest BCUT2D eigenvalue weighted by Gasteiger charge is 2.22. The summed E-state index contributed by atoms with van der Waals surface area (Å²) < 4.78 is 5.00. The van der Waals surface area contributed by atoms with Crippen molar-refractivity contribution in [1.29, 1.82) is 0 Å². The number of nitrogens with one attached hydrogen (secondary N) is 1. The molecule has 2 aliphatic rings. The van der Waals surface area contributed by atoms with Crippen LogP contribution in [0.4, 0.5) is 5.69 Å². The molecule has 1 aromatic rings. The topological polar surface area (TPSA) is 41.6 Å². The third kappa shape index (κ3) is 1.55. The van der Waals surface area contributed by atoms with Crippen LogP contribution in [0, 0.1) is 0 Å². The van der Waals surface area contributed by atoms with Gasteiger partial charge in [-0.3, -0.25) is 0 Å². The molecule has 1 N–H and O–H groups in total. The molecule has 0 radical (unpaired) electrons. The molecule has 0 atom stereocenters. The van der Waals surface area contributed by atoms with Crippen molar-refractivity contribution < 1.29 is 9.53 Å². The van der Waals surface area contributed by atoms with Gasteiger partial charge in [-0.2, -0.15) is 0 Å². The molecule has 2 aliphatic heterocycles. The number of hydrogen-bond donors (Lipinski definition) is 1. The zero-order valence-electron chi connectivity index (χ0n) is 9.03. The van der Waals surface area contributed by atoms with Gasteiger partial charge in [-0.15, -0.1) is 0 Å². The Bertz CT molecular complexity index is 425. The highest BCUT2D eigenvalue weighted by atomic mass is 16.5. The Balaban J connectivity index is 1.89. The van der Waals surface area contributed by atoms with Crippen molar-refractivity contribution in [1.82, 2.24) is 5.32 Å². The Kier molecular flexibility index (Phi) is 2.29. The van der Waals surface area contributed by atoms with E-state index in [-0.39, 0.29) is 5.97 Å². The van der Waals surface area contributed by atoms with Crippen LogP contribution in [0.1, 0.15) is 15.9 Å². The Morgan fingerprint density at radius 2 is 2.06 bits per heavy atom. The van der Waals surface area contributed by atoms with E-state index < -0.39 is 0 Å². The molecule has 0 aliphatic carbocycles. The Labute approximate surface area is 94.2 Å². The number of nitrogens with zero attached hydrogens (tertiary/aromatic N) is 1. The first-order valence-corrected chi connectivity index (χ1v) is 5.60. The summed E-state index contributed by atoms with van der Waals surface area (Å²) in [6, 6.07) is 5.96. The molecular weight excluding hydrogens is 204 g/mol. The lowest BCUT2D eigenvalue weighted by molar-refractivity contribution is 0.0535. The van der Waals surface area contributed by atoms with Gasteiger partial charge in [0.05, 0.1) is 5.56 Å². The van der Waals surface area contributed by atoms with Gasteiger partial charge in [-0.05, 0) is 18.2 Å². The molecule has 0 unspecified atom stereocenters. The average Bonchev–Trinajstić information content (AvgIpc) is 2.72. The van der Waals surface area contributed by atoms with Crippen LogP contribution in [-0.4, -0.2) is 32.1 Å². The Hall–Kier alpha value is -1.55. The van der Waals surface area contributed by atoms with Crippen molar-refractivity contribution in [2.24, 2.45) is 0 Å². The van der Waals surface area contributed by atoms with Crippen molar-refractivity contribution >= 4 is 11.7 Å². The number of esters is 1. The first kappa shape index (κ1) is 9.66. The summed E-state index contributed by atoms with van der Waals surface area (Å²) in [5.41, 5.74) is 2.93. The van der Waals surface area contributed by atoms with Gasteiger partial charge < -0.3 is 15.0 Å². The van der Waals surface area contributed by atoms with Gasteiger partial charge in [-0.1, -0.05) is 0 Å². The van der Waals surface area contributed by atoms with Gasteiger partial charge in [0.25, 0.3) is 0 Å². The van der Waals surface area contributed by atoms with Crippen LogP contribution in [-0.2, 0) is 11.3 Å². The van der Waals surface area contributed by atoms with Crippen LogP contribution in [0.25, 0.3) is 0 Å². The molecule has 2 heterocycles. The molecule has 84 valence electrons. The van der Waals surface area contributed by atoms with Crippen molar-refractivity contribution in [2.75, 3.05) is 31.1 Å². The molecule has 1 saturated heterocycles. The summed E-state index contributed by atoms with van der Waals surface area (Å²) in [7, 11) is 0. The largest absolute Gasteiger partial charge is 0.457 e. The molecule has 4 nitrogen and oxygen atoms in total. The van der Waals surface area contributed by atoms with Gasteiger partial charge in [-0.25, -0.2) is 4.79 Å². The fourth-order valence-corrected chi connectivity index (χ4v) is 2.24. The summed E-state index contributed by atoms with van der Waals surface area (Å²) in [4.78, 5) is 13.6. The van der Waals surface area contributed by atoms with E-state index in [0.29, 0.717) is 6.61 Å². The second-order valence-corrected chi connectivity index (χ2v) is 4.15. The number of carbonyl (C=O) groups is 1. The number of fused-ring (bicyclic) bond motifs is 1. The zero-order valence-corrected chi connectivity index (χ0v) is 9.03. The first-order chi connectivity index (χ1) is 7.84. The maximum absolute atomic E-state index is 11.3. The highest BCUT2D eigenvalue weighted by Crippen LogP contribution is 2.25. The molecular formula is C12H14N2O2. The van der Waals surface area contributed by atoms with Crippen molar-refractivity contribution in [3.8, 4) is 0 Å². The van der Waals surface area contributed by atoms with E-state index in [9.17, 15) is 4.79 Å². The van der Waals surface area contributed by atoms with Gasteiger partial charge in [0.2, 0.25) is 0 Å². The molecule has 1 fully saturated rings. The van der Waals surface area contributed by atoms with Crippen LogP contribution >= 0.6 is 0 Å². The number of anilines is 1. The van der Waals surface area contributed by atoms with Crippen molar-refractivity contribution in [3.63, 3.8) is 0 Å². The Morgan fingerprint density at radius 1 is 1.25 bits per heavy atom. The zero-order chi connectivity index (χ0) is 11.0. The van der Waals surface area contributed by atoms with Crippen LogP contribution in [0.15, 0.2) is 18.2 Å². The van der Waals surface area contributed by atoms with Crippen LogP contribution in [0.5, 0.6) is 0 Å². The van der Waals surface area contributed by atoms with Gasteiger partial charge >= 0.3 is 5.97 Å². The lowest BCUT2D eigenvalue weighted by atomic mass is 10.1. The number of piperazine rings is 1. The summed E-state index contributed by atoms with van der Waals surface area (Å²) in [6.45, 7) is 4.51. The second-order valence-electron chi connectivity index (χ2n) is 4.15. The van der Waals surface area contributed by atoms with Crippen LogP contribution in [0.3, 0.4) is 0 Å². The predicted octanol–water partition coefficient (Wildman–Crippen LogP) is 0.767. The molecule has 0 spiro atoms. The molecule has 3 rings (SSSR count). The van der Waals surface area contributed by atoms with E-state index in [1.165, 1.54) is 5.69 Å². The minimum atomic E-state index is -0.193. The molecule has 0 saturated carbocycles. The number of cyclic esters (lactones) is 1. The van der Waals surface area contributed by atoms with Gasteiger partial charge in [0, 0.05) is 37.4 Å². The minimum Gasteiger partial charge on any atom is -0.457 e. The number of carbonyl (C=O) groups excluding carboxylic acids is 1. The smallest absolute Gasteiger partial charge is 0.338 e. The molecule has 0 amide bonds. The predicted molar refractivity (Wildman–Crippen MR) is 60.6 cm³/mol. The normalized spacial score (nSPS) is 19.5. The third-order valence-corrected chi connectivity index (χ3v) is 3.15. The lowest BCUT2D eigenvalue weighted by Gasteiger charge is -2.29. The maximum Gasteiger partial charge on any atom is 0.338 e. The van der Waals surface area contributed by atoms with E-state index in [1.807, 2.05) is 12.1 Å². The quantitative estimate of drug-likeness (QED) is 0.707. The van der Waals surface area contributed by atoms with Crippen LogP contribution in [0.2, 0.25) is 0 Å². The highest BCUT2D eigenvalue weighted by molar-refractivity contribution is 5.93. The summed E-state index contributed by atoms with van der Waals surface area (Å²) in [5, 5.41) is 3.32. The Morgan fingerprint density at radius 3 is 2.88 bits per heavy atom. The summed E-state index contributed by atoms with van der Waals surface area (Å²) in [6.07, 6.45) is 0. The van der Waals surface area contributed by atoms with Gasteiger partial charge in [0.15, 0.2) is 0 Å². The lowest BCUT2D eigenvalue weighted by Crippen LogP contribution is -2.43. The maximum atomic E-state index is 11.3.